The third-order valence-electron chi connectivity index (χ3n) is 1.71. The standard InChI is InChI=1S/C10H12F3N5O/c11-10(12,13)5-19-7-3-1-2-6(4-7)17-9(16)18-8(14)15/h1-4H,5H2,(H6,14,15,16,17,18). The average Bonchev–Trinajstić information content (AvgIpc) is 2.24. The highest BCUT2D eigenvalue weighted by Gasteiger charge is 2.28. The van der Waals surface area contributed by atoms with Crippen LogP contribution >= 0.6 is 0 Å². The molecule has 0 heterocycles. The molecule has 0 saturated heterocycles. The Morgan fingerprint density at radius 3 is 2.47 bits per heavy atom. The molecule has 104 valence electrons. The molecule has 0 saturated carbocycles. The topological polar surface area (TPSA) is 112 Å². The molecular weight excluding hydrogens is 263 g/mol. The van der Waals surface area contributed by atoms with Crippen LogP contribution < -0.4 is 21.9 Å². The Balaban J connectivity index is 2.80. The van der Waals surface area contributed by atoms with E-state index >= 15 is 0 Å². The van der Waals surface area contributed by atoms with E-state index in [-0.39, 0.29) is 23.4 Å². The molecule has 0 spiro atoms. The van der Waals surface area contributed by atoms with Gasteiger partial charge in [0.2, 0.25) is 5.96 Å². The molecule has 1 aromatic carbocycles. The van der Waals surface area contributed by atoms with Crippen LogP contribution in [0.4, 0.5) is 18.9 Å². The second-order valence-electron chi connectivity index (χ2n) is 3.41. The molecule has 6 N–H and O–H groups in total. The average molecular weight is 275 g/mol. The number of rotatable bonds is 3. The lowest BCUT2D eigenvalue weighted by Gasteiger charge is -2.09. The first-order valence-electron chi connectivity index (χ1n) is 5.00. The number of alkyl halides is 3. The van der Waals surface area contributed by atoms with Gasteiger partial charge in [-0.15, -0.1) is 0 Å². The van der Waals surface area contributed by atoms with Gasteiger partial charge < -0.3 is 21.9 Å². The van der Waals surface area contributed by atoms with Crippen LogP contribution in [-0.2, 0) is 0 Å². The van der Waals surface area contributed by atoms with Crippen LogP contribution in [0.3, 0.4) is 0 Å². The summed E-state index contributed by atoms with van der Waals surface area (Å²) in [7, 11) is 0. The van der Waals surface area contributed by atoms with Crippen molar-refractivity contribution in [3.63, 3.8) is 0 Å². The zero-order valence-corrected chi connectivity index (χ0v) is 9.69. The number of guanidine groups is 2. The third kappa shape index (κ3) is 6.15. The van der Waals surface area contributed by atoms with Crippen molar-refractivity contribution in [2.24, 2.45) is 27.2 Å². The van der Waals surface area contributed by atoms with Crippen molar-refractivity contribution in [1.82, 2.24) is 0 Å². The second-order valence-corrected chi connectivity index (χ2v) is 3.41. The summed E-state index contributed by atoms with van der Waals surface area (Å²) in [5, 5.41) is 0. The van der Waals surface area contributed by atoms with Crippen molar-refractivity contribution < 1.29 is 17.9 Å². The van der Waals surface area contributed by atoms with Crippen LogP contribution in [0.15, 0.2) is 34.3 Å². The second kappa shape index (κ2) is 5.94. The highest BCUT2D eigenvalue weighted by molar-refractivity contribution is 5.93. The molecule has 0 aliphatic rings. The van der Waals surface area contributed by atoms with Gasteiger partial charge in [-0.3, -0.25) is 0 Å². The Bertz CT molecular complexity index is 494. The van der Waals surface area contributed by atoms with Gasteiger partial charge in [-0.25, -0.2) is 4.99 Å². The van der Waals surface area contributed by atoms with Gasteiger partial charge in [-0.2, -0.15) is 18.2 Å². The van der Waals surface area contributed by atoms with Crippen LogP contribution in [0.1, 0.15) is 0 Å². The summed E-state index contributed by atoms with van der Waals surface area (Å²) in [4.78, 5) is 7.26. The van der Waals surface area contributed by atoms with E-state index in [0.717, 1.165) is 0 Å². The Labute approximate surface area is 106 Å². The maximum absolute atomic E-state index is 12.0. The number of aliphatic imine (C=N–C) groups is 2. The van der Waals surface area contributed by atoms with E-state index in [1.165, 1.54) is 24.3 Å². The van der Waals surface area contributed by atoms with Gasteiger partial charge in [-0.1, -0.05) is 6.07 Å². The summed E-state index contributed by atoms with van der Waals surface area (Å²) in [5.74, 6) is -0.477. The van der Waals surface area contributed by atoms with Gasteiger partial charge in [-0.05, 0) is 12.1 Å². The van der Waals surface area contributed by atoms with Crippen LogP contribution in [0.25, 0.3) is 0 Å². The fourth-order valence-electron chi connectivity index (χ4n) is 1.10. The highest BCUT2D eigenvalue weighted by atomic mass is 19.4. The monoisotopic (exact) mass is 275 g/mol. The zero-order valence-electron chi connectivity index (χ0n) is 9.69. The Morgan fingerprint density at radius 2 is 1.89 bits per heavy atom. The molecule has 0 aliphatic carbocycles. The zero-order chi connectivity index (χ0) is 14.5. The normalized spacial score (nSPS) is 12.1. The van der Waals surface area contributed by atoms with Crippen molar-refractivity contribution in [2.45, 2.75) is 6.18 Å². The predicted octanol–water partition coefficient (Wildman–Crippen LogP) is 0.847. The van der Waals surface area contributed by atoms with Crippen molar-refractivity contribution in [2.75, 3.05) is 6.61 Å². The van der Waals surface area contributed by atoms with E-state index in [0.29, 0.717) is 0 Å². The van der Waals surface area contributed by atoms with Gasteiger partial charge in [0.15, 0.2) is 12.6 Å². The van der Waals surface area contributed by atoms with Gasteiger partial charge in [0.05, 0.1) is 5.69 Å². The number of nitrogens with two attached hydrogens (primary N) is 3. The molecule has 9 heteroatoms. The number of hydrogen-bond acceptors (Lipinski definition) is 2. The molecule has 0 aliphatic heterocycles. The lowest BCUT2D eigenvalue weighted by atomic mass is 10.3. The molecule has 0 amide bonds. The maximum atomic E-state index is 12.0. The first-order valence-corrected chi connectivity index (χ1v) is 5.00. The minimum absolute atomic E-state index is 0.0103. The summed E-state index contributed by atoms with van der Waals surface area (Å²) < 4.78 is 40.5. The smallest absolute Gasteiger partial charge is 0.422 e. The first kappa shape index (κ1) is 14.6. The Hall–Kier alpha value is -2.45. The SMILES string of the molecule is NC(N)=NC(N)=Nc1cccc(OCC(F)(F)F)c1. The summed E-state index contributed by atoms with van der Waals surface area (Å²) >= 11 is 0. The van der Waals surface area contributed by atoms with Gasteiger partial charge in [0, 0.05) is 6.07 Å². The molecule has 19 heavy (non-hydrogen) atoms. The number of ether oxygens (including phenoxy) is 1. The fraction of sp³-hybridized carbons (Fsp3) is 0.200. The van der Waals surface area contributed by atoms with Crippen LogP contribution in [0, 0.1) is 0 Å². The quantitative estimate of drug-likeness (QED) is 0.560. The fourth-order valence-corrected chi connectivity index (χ4v) is 1.10. The third-order valence-corrected chi connectivity index (χ3v) is 1.71. The van der Waals surface area contributed by atoms with Crippen LogP contribution in [-0.4, -0.2) is 24.7 Å². The number of benzene rings is 1. The number of nitrogens with zero attached hydrogens (tertiary/aromatic N) is 2. The molecular formula is C10H12F3N5O. The molecule has 1 rings (SSSR count). The Morgan fingerprint density at radius 1 is 1.21 bits per heavy atom. The molecule has 0 unspecified atom stereocenters. The summed E-state index contributed by atoms with van der Waals surface area (Å²) in [6.07, 6.45) is -4.41. The molecule has 0 aromatic heterocycles. The first-order chi connectivity index (χ1) is 8.76. The molecule has 1 aromatic rings. The van der Waals surface area contributed by atoms with Gasteiger partial charge >= 0.3 is 6.18 Å². The molecule has 0 fully saturated rings. The van der Waals surface area contributed by atoms with Gasteiger partial charge in [0.1, 0.15) is 5.75 Å². The van der Waals surface area contributed by atoms with E-state index in [1.807, 2.05) is 0 Å². The minimum atomic E-state index is -4.41. The summed E-state index contributed by atoms with van der Waals surface area (Å²) in [5.41, 5.74) is 15.8. The lowest BCUT2D eigenvalue weighted by molar-refractivity contribution is -0.153. The molecule has 6 nitrogen and oxygen atoms in total. The van der Waals surface area contributed by atoms with E-state index in [4.69, 9.17) is 17.2 Å². The van der Waals surface area contributed by atoms with E-state index in [2.05, 4.69) is 14.7 Å². The van der Waals surface area contributed by atoms with Crippen molar-refractivity contribution in [3.8, 4) is 5.75 Å². The van der Waals surface area contributed by atoms with E-state index in [9.17, 15) is 13.2 Å². The van der Waals surface area contributed by atoms with E-state index < -0.39 is 12.8 Å². The molecule has 0 bridgehead atoms. The van der Waals surface area contributed by atoms with Crippen LogP contribution in [0.2, 0.25) is 0 Å². The van der Waals surface area contributed by atoms with Crippen molar-refractivity contribution >= 4 is 17.6 Å². The van der Waals surface area contributed by atoms with Crippen molar-refractivity contribution in [3.05, 3.63) is 24.3 Å². The predicted molar refractivity (Wildman–Crippen MR) is 65.1 cm³/mol. The summed E-state index contributed by atoms with van der Waals surface area (Å²) in [6, 6.07) is 5.62. The maximum Gasteiger partial charge on any atom is 0.422 e. The largest absolute Gasteiger partial charge is 0.484 e. The van der Waals surface area contributed by atoms with E-state index in [1.54, 1.807) is 0 Å². The number of halogens is 3. The summed E-state index contributed by atoms with van der Waals surface area (Å²) in [6.45, 7) is -1.39. The number of hydrogen-bond donors (Lipinski definition) is 3. The highest BCUT2D eigenvalue weighted by Crippen LogP contribution is 2.22. The molecule has 0 radical (unpaired) electrons. The molecule has 0 atom stereocenters. The van der Waals surface area contributed by atoms with Gasteiger partial charge in [0.25, 0.3) is 0 Å². The minimum Gasteiger partial charge on any atom is -0.484 e. The lowest BCUT2D eigenvalue weighted by Crippen LogP contribution is -2.26. The van der Waals surface area contributed by atoms with Crippen molar-refractivity contribution in [1.29, 1.82) is 0 Å². The van der Waals surface area contributed by atoms with Crippen LogP contribution in [0.5, 0.6) is 5.75 Å². The Kier molecular flexibility index (Phi) is 4.56.